The maximum atomic E-state index is 13.0. The van der Waals surface area contributed by atoms with Gasteiger partial charge in [0.05, 0.1) is 6.42 Å². The lowest BCUT2D eigenvalue weighted by Crippen LogP contribution is -2.70. The highest BCUT2D eigenvalue weighted by atomic mass is 17.3. The van der Waals surface area contributed by atoms with Crippen LogP contribution in [-0.2, 0) is 44.8 Å². The summed E-state index contributed by atoms with van der Waals surface area (Å²) in [6.07, 6.45) is 2.77. The molecule has 5 fully saturated rings. The van der Waals surface area contributed by atoms with Gasteiger partial charge in [-0.05, 0) is 74.5 Å². The third-order valence-corrected chi connectivity index (χ3v) is 9.91. The summed E-state index contributed by atoms with van der Waals surface area (Å²) < 4.78 is 18.4. The molecule has 44 heavy (non-hydrogen) atoms. The average molecular weight is 617 g/mol. The van der Waals surface area contributed by atoms with Crippen LogP contribution >= 0.6 is 0 Å². The summed E-state index contributed by atoms with van der Waals surface area (Å²) in [6, 6.07) is 6.09. The fraction of sp³-hybridized carbons (Fsp3) is 0.727. The summed E-state index contributed by atoms with van der Waals surface area (Å²) in [5.41, 5.74) is 0.231. The molecule has 0 radical (unpaired) electrons. The molecule has 0 unspecified atom stereocenters. The number of fused-ring (bicyclic) bond motifs is 2. The Hall–Kier alpha value is -2.73. The van der Waals surface area contributed by atoms with Crippen molar-refractivity contribution in [1.29, 1.82) is 0 Å². The van der Waals surface area contributed by atoms with Crippen LogP contribution < -0.4 is 10.6 Å². The van der Waals surface area contributed by atoms with E-state index in [1.54, 1.807) is 24.3 Å². The molecule has 0 aromatic heterocycles. The van der Waals surface area contributed by atoms with Crippen LogP contribution in [-0.4, -0.2) is 59.4 Å². The Labute approximate surface area is 259 Å². The minimum absolute atomic E-state index is 0.0237. The van der Waals surface area contributed by atoms with Crippen molar-refractivity contribution in [3.8, 4) is 5.75 Å². The Kier molecular flexibility index (Phi) is 9.89. The fourth-order valence-corrected chi connectivity index (χ4v) is 7.50. The zero-order valence-electron chi connectivity index (χ0n) is 26.5. The smallest absolute Gasteiger partial charge is 0.308 e. The first-order valence-corrected chi connectivity index (χ1v) is 16.1. The topological polar surface area (TPSA) is 142 Å². The van der Waals surface area contributed by atoms with Crippen molar-refractivity contribution in [3.63, 3.8) is 0 Å². The first kappa shape index (κ1) is 32.7. The van der Waals surface area contributed by atoms with E-state index in [1.165, 1.54) is 0 Å². The Balaban J connectivity index is 1.13. The van der Waals surface area contributed by atoms with Crippen LogP contribution in [0.2, 0.25) is 0 Å². The van der Waals surface area contributed by atoms with Crippen LogP contribution in [0.5, 0.6) is 5.75 Å². The molecule has 244 valence electrons. The van der Waals surface area contributed by atoms with Gasteiger partial charge in [-0.1, -0.05) is 39.8 Å². The molecule has 4 saturated heterocycles. The molecule has 4 heterocycles. The molecule has 2 bridgehead atoms. The normalized spacial score (nSPS) is 34.9. The number of carbonyl (C=O) groups excluding carboxylic acids is 3. The molecule has 6 rings (SSSR count). The SMILES string of the molecule is CC(C)C[C@H](NC(=O)CCC(=O)O[C@@H]1O[C@H]2O[C@@]3(C)CC[C@H]4[C@H](C)CC[C@H]([C@@H]1C)[C@@]24OO3)C(=O)NCCc1ccc(O)cc1. The number of aromatic hydroxyl groups is 1. The van der Waals surface area contributed by atoms with Crippen molar-refractivity contribution in [2.45, 2.75) is 116 Å². The molecule has 2 amide bonds. The van der Waals surface area contributed by atoms with E-state index in [1.807, 2.05) is 27.7 Å². The van der Waals surface area contributed by atoms with Gasteiger partial charge >= 0.3 is 5.97 Å². The Morgan fingerprint density at radius 2 is 1.80 bits per heavy atom. The van der Waals surface area contributed by atoms with Crippen LogP contribution in [0.25, 0.3) is 0 Å². The van der Waals surface area contributed by atoms with E-state index in [0.29, 0.717) is 31.7 Å². The highest BCUT2D eigenvalue weighted by Crippen LogP contribution is 2.60. The quantitative estimate of drug-likeness (QED) is 0.247. The first-order chi connectivity index (χ1) is 20.9. The summed E-state index contributed by atoms with van der Waals surface area (Å²) in [4.78, 5) is 50.7. The number of carbonyl (C=O) groups is 3. The van der Waals surface area contributed by atoms with E-state index in [9.17, 15) is 19.5 Å². The number of nitrogens with one attached hydrogen (secondary N) is 2. The van der Waals surface area contributed by atoms with E-state index < -0.39 is 41.9 Å². The third-order valence-electron chi connectivity index (χ3n) is 9.91. The second kappa shape index (κ2) is 13.3. The number of rotatable bonds is 11. The maximum absolute atomic E-state index is 13.0. The minimum atomic E-state index is -0.922. The van der Waals surface area contributed by atoms with Crippen LogP contribution in [0.1, 0.15) is 85.1 Å². The van der Waals surface area contributed by atoms with Gasteiger partial charge in [0.1, 0.15) is 11.8 Å². The molecule has 1 aromatic carbocycles. The standard InChI is InChI=1S/C33H48N2O9/c1-19(2)18-26(29(39)34-17-15-22-7-9-23(36)10-8-22)35-27(37)12-13-28(38)40-30-21(4)25-11-6-20(3)24-14-16-32(5)42-31(41-30)33(24,25)44-43-32/h7-10,19-21,24-26,30-31,36H,6,11-18H2,1-5H3,(H,34,39)(H,35,37)/t20-,21+,24+,25-,26+,30-,31+,32-,33-/m1/s1. The summed E-state index contributed by atoms with van der Waals surface area (Å²) in [6.45, 7) is 10.4. The van der Waals surface area contributed by atoms with Gasteiger partial charge in [0.15, 0.2) is 11.9 Å². The first-order valence-electron chi connectivity index (χ1n) is 16.1. The predicted molar refractivity (Wildman–Crippen MR) is 158 cm³/mol. The summed E-state index contributed by atoms with van der Waals surface area (Å²) in [7, 11) is 0. The van der Waals surface area contributed by atoms with Crippen molar-refractivity contribution >= 4 is 17.8 Å². The van der Waals surface area contributed by atoms with Gasteiger partial charge in [0.2, 0.25) is 23.9 Å². The number of hydrogen-bond acceptors (Lipinski definition) is 9. The van der Waals surface area contributed by atoms with E-state index >= 15 is 0 Å². The zero-order chi connectivity index (χ0) is 31.6. The lowest BCUT2D eigenvalue weighted by atomic mass is 9.58. The monoisotopic (exact) mass is 616 g/mol. The molecule has 11 nitrogen and oxygen atoms in total. The van der Waals surface area contributed by atoms with Gasteiger partial charge in [0.25, 0.3) is 0 Å². The maximum Gasteiger partial charge on any atom is 0.308 e. The van der Waals surface area contributed by atoms with Gasteiger partial charge in [0, 0.05) is 31.2 Å². The Bertz CT molecular complexity index is 1190. The number of hydrogen-bond donors (Lipinski definition) is 3. The van der Waals surface area contributed by atoms with Gasteiger partial charge < -0.3 is 30.0 Å². The van der Waals surface area contributed by atoms with Crippen molar-refractivity contribution in [3.05, 3.63) is 29.8 Å². The second-order valence-corrected chi connectivity index (χ2v) is 13.7. The van der Waals surface area contributed by atoms with Gasteiger partial charge in [-0.15, -0.1) is 0 Å². The fourth-order valence-electron chi connectivity index (χ4n) is 7.50. The third kappa shape index (κ3) is 6.90. The summed E-state index contributed by atoms with van der Waals surface area (Å²) in [5.74, 6) is -1.28. The van der Waals surface area contributed by atoms with Crippen molar-refractivity contribution in [2.24, 2.45) is 29.6 Å². The van der Waals surface area contributed by atoms with Crippen molar-refractivity contribution in [1.82, 2.24) is 10.6 Å². The number of phenolic OH excluding ortho intramolecular Hbond substituents is 1. The molecule has 1 aliphatic carbocycles. The largest absolute Gasteiger partial charge is 0.508 e. The van der Waals surface area contributed by atoms with Crippen LogP contribution in [0.3, 0.4) is 0 Å². The Morgan fingerprint density at radius 3 is 2.52 bits per heavy atom. The summed E-state index contributed by atoms with van der Waals surface area (Å²) in [5, 5.41) is 15.1. The number of esters is 1. The molecule has 9 atom stereocenters. The van der Waals surface area contributed by atoms with E-state index in [2.05, 4.69) is 17.6 Å². The molecule has 5 aliphatic rings. The van der Waals surface area contributed by atoms with Gasteiger partial charge in [-0.2, -0.15) is 0 Å². The number of benzene rings is 1. The molecule has 1 aromatic rings. The van der Waals surface area contributed by atoms with Crippen LogP contribution in [0.4, 0.5) is 0 Å². The zero-order valence-corrected chi connectivity index (χ0v) is 26.5. The van der Waals surface area contributed by atoms with E-state index in [-0.39, 0.29) is 48.2 Å². The molecule has 3 N–H and O–H groups in total. The number of ether oxygens (including phenoxy) is 3. The molecular weight excluding hydrogens is 568 g/mol. The molecule has 1 spiro atoms. The Morgan fingerprint density at radius 1 is 1.05 bits per heavy atom. The lowest BCUT2D eigenvalue weighted by molar-refractivity contribution is -0.576. The van der Waals surface area contributed by atoms with Crippen molar-refractivity contribution < 1.29 is 43.5 Å². The van der Waals surface area contributed by atoms with Crippen LogP contribution in [0, 0.1) is 29.6 Å². The average Bonchev–Trinajstić information content (AvgIpc) is 3.20. The number of phenols is 1. The van der Waals surface area contributed by atoms with Crippen LogP contribution in [0.15, 0.2) is 24.3 Å². The predicted octanol–water partition coefficient (Wildman–Crippen LogP) is 4.11. The second-order valence-electron chi connectivity index (χ2n) is 13.7. The lowest BCUT2D eigenvalue weighted by Gasteiger charge is -2.59. The molecule has 4 aliphatic heterocycles. The highest BCUT2D eigenvalue weighted by Gasteiger charge is 2.69. The summed E-state index contributed by atoms with van der Waals surface area (Å²) >= 11 is 0. The van der Waals surface area contributed by atoms with Crippen molar-refractivity contribution in [2.75, 3.05) is 6.54 Å². The van der Waals surface area contributed by atoms with E-state index in [4.69, 9.17) is 24.0 Å². The van der Waals surface area contributed by atoms with Gasteiger partial charge in [-0.3, -0.25) is 14.4 Å². The minimum Gasteiger partial charge on any atom is -0.508 e. The van der Waals surface area contributed by atoms with Gasteiger partial charge in [-0.25, -0.2) is 9.78 Å². The number of amides is 2. The molecule has 11 heteroatoms. The molecular formula is C33H48N2O9. The molecule has 1 saturated carbocycles. The van der Waals surface area contributed by atoms with E-state index in [0.717, 1.165) is 24.8 Å². The highest BCUT2D eigenvalue weighted by molar-refractivity contribution is 5.88.